The van der Waals surface area contributed by atoms with Crippen LogP contribution in [0.25, 0.3) is 5.70 Å². The van der Waals surface area contributed by atoms with E-state index >= 15 is 0 Å². The molecule has 0 N–H and O–H groups in total. The van der Waals surface area contributed by atoms with Gasteiger partial charge in [-0.3, -0.25) is 0 Å². The smallest absolute Gasteiger partial charge is 0.0950 e. The zero-order valence-electron chi connectivity index (χ0n) is 18.5. The number of rotatable bonds is 5. The molecular weight excluding hydrogens is 340 g/mol. The summed E-state index contributed by atoms with van der Waals surface area (Å²) in [6, 6.07) is 5.68. The lowest BCUT2D eigenvalue weighted by atomic mass is 9.82. The number of allylic oxidation sites excluding steroid dienone is 3. The van der Waals surface area contributed by atoms with Crippen LogP contribution in [0.4, 0.5) is 0 Å². The molecule has 1 saturated carbocycles. The first kappa shape index (κ1) is 19.4. The van der Waals surface area contributed by atoms with Crippen molar-refractivity contribution < 1.29 is 0 Å². The summed E-state index contributed by atoms with van der Waals surface area (Å²) in [6.45, 7) is 15.0. The van der Waals surface area contributed by atoms with Gasteiger partial charge >= 0.3 is 0 Å². The zero-order chi connectivity index (χ0) is 20.0. The Balaban J connectivity index is 1.80. The van der Waals surface area contributed by atoms with Crippen LogP contribution >= 0.6 is 0 Å². The zero-order valence-corrected chi connectivity index (χ0v) is 18.5. The Labute approximate surface area is 171 Å². The molecule has 2 nitrogen and oxygen atoms in total. The van der Waals surface area contributed by atoms with Crippen LogP contribution in [-0.4, -0.2) is 22.5 Å². The van der Waals surface area contributed by atoms with Gasteiger partial charge in [0.05, 0.1) is 18.1 Å². The lowest BCUT2D eigenvalue weighted by Gasteiger charge is -2.37. The Morgan fingerprint density at radius 3 is 2.04 bits per heavy atom. The minimum atomic E-state index is 0.510. The molecule has 1 aliphatic carbocycles. The van der Waals surface area contributed by atoms with Crippen molar-refractivity contribution in [1.82, 2.24) is 9.80 Å². The molecule has 2 heteroatoms. The van der Waals surface area contributed by atoms with Gasteiger partial charge in [-0.1, -0.05) is 59.8 Å². The number of hydrogen-bond acceptors (Lipinski definition) is 2. The van der Waals surface area contributed by atoms with E-state index < -0.39 is 0 Å². The molecule has 0 unspecified atom stereocenters. The predicted octanol–water partition coefficient (Wildman–Crippen LogP) is 6.94. The first-order chi connectivity index (χ1) is 13.4. The van der Waals surface area contributed by atoms with E-state index in [4.69, 9.17) is 0 Å². The molecule has 1 aromatic rings. The number of fused-ring (bicyclic) bond motifs is 1. The second-order valence-corrected chi connectivity index (χ2v) is 9.67. The maximum absolute atomic E-state index is 2.56. The van der Waals surface area contributed by atoms with Gasteiger partial charge in [0.25, 0.3) is 0 Å². The second-order valence-electron chi connectivity index (χ2n) is 9.67. The van der Waals surface area contributed by atoms with Crippen LogP contribution in [0.5, 0.6) is 0 Å². The summed E-state index contributed by atoms with van der Waals surface area (Å²) >= 11 is 0. The lowest BCUT2D eigenvalue weighted by Crippen LogP contribution is -2.38. The van der Waals surface area contributed by atoms with Gasteiger partial charge in [0.15, 0.2) is 0 Å². The van der Waals surface area contributed by atoms with Crippen LogP contribution in [0.1, 0.15) is 101 Å². The highest BCUT2D eigenvalue weighted by molar-refractivity contribution is 5.76. The molecule has 150 valence electrons. The third-order valence-corrected chi connectivity index (χ3v) is 6.66. The van der Waals surface area contributed by atoms with Gasteiger partial charge in [-0.2, -0.15) is 0 Å². The van der Waals surface area contributed by atoms with Crippen LogP contribution < -0.4 is 0 Å². The van der Waals surface area contributed by atoms with Crippen LogP contribution in [0.2, 0.25) is 0 Å². The minimum absolute atomic E-state index is 0.510. The molecule has 2 heterocycles. The highest BCUT2D eigenvalue weighted by Gasteiger charge is 2.33. The normalized spacial score (nSPS) is 19.5. The third-order valence-electron chi connectivity index (χ3n) is 6.66. The van der Waals surface area contributed by atoms with Gasteiger partial charge in [-0.05, 0) is 65.9 Å². The Kier molecular flexibility index (Phi) is 5.16. The minimum Gasteiger partial charge on any atom is -0.355 e. The topological polar surface area (TPSA) is 6.48 Å². The summed E-state index contributed by atoms with van der Waals surface area (Å²) in [5.74, 6) is 1.58. The number of nitrogens with zero attached hydrogens (tertiary/aromatic N) is 2. The second kappa shape index (κ2) is 7.46. The fourth-order valence-electron chi connectivity index (χ4n) is 4.61. The van der Waals surface area contributed by atoms with E-state index in [-0.39, 0.29) is 0 Å². The Morgan fingerprint density at radius 2 is 1.54 bits per heavy atom. The molecule has 2 aliphatic heterocycles. The Morgan fingerprint density at radius 1 is 0.893 bits per heavy atom. The molecule has 0 saturated heterocycles. The third kappa shape index (κ3) is 3.32. The first-order valence-electron chi connectivity index (χ1n) is 11.2. The van der Waals surface area contributed by atoms with E-state index in [1.165, 1.54) is 52.9 Å². The van der Waals surface area contributed by atoms with E-state index in [1.807, 2.05) is 0 Å². The summed E-state index contributed by atoms with van der Waals surface area (Å²) < 4.78 is 0. The lowest BCUT2D eigenvalue weighted by molar-refractivity contribution is 0.167. The Hall–Kier alpha value is -1.96. The van der Waals surface area contributed by atoms with Crippen LogP contribution in [0.3, 0.4) is 0 Å². The van der Waals surface area contributed by atoms with Crippen molar-refractivity contribution in [2.24, 2.45) is 0 Å². The van der Waals surface area contributed by atoms with Crippen molar-refractivity contribution in [3.05, 3.63) is 64.5 Å². The quantitative estimate of drug-likeness (QED) is 0.549. The van der Waals surface area contributed by atoms with E-state index in [9.17, 15) is 0 Å². The highest BCUT2D eigenvalue weighted by atomic mass is 15.4. The molecule has 3 aliphatic rings. The number of hydrogen-bond donors (Lipinski definition) is 0. The molecule has 1 aromatic carbocycles. The van der Waals surface area contributed by atoms with Crippen LogP contribution in [-0.2, 0) is 0 Å². The average molecular weight is 377 g/mol. The molecule has 1 fully saturated rings. The van der Waals surface area contributed by atoms with E-state index in [0.29, 0.717) is 17.8 Å². The molecule has 0 bridgehead atoms. The summed E-state index contributed by atoms with van der Waals surface area (Å²) in [7, 11) is 0. The van der Waals surface area contributed by atoms with Gasteiger partial charge in [0.2, 0.25) is 0 Å². The van der Waals surface area contributed by atoms with Crippen molar-refractivity contribution in [3.63, 3.8) is 0 Å². The van der Waals surface area contributed by atoms with Gasteiger partial charge < -0.3 is 9.80 Å². The fraction of sp³-hybridized carbons (Fsp3) is 0.538. The largest absolute Gasteiger partial charge is 0.355 e. The van der Waals surface area contributed by atoms with Crippen molar-refractivity contribution in [3.8, 4) is 0 Å². The summed E-state index contributed by atoms with van der Waals surface area (Å²) in [5.41, 5.74) is 8.67. The molecule has 0 atom stereocenters. The molecule has 0 radical (unpaired) electrons. The van der Waals surface area contributed by atoms with Gasteiger partial charge in [0.1, 0.15) is 0 Å². The van der Waals surface area contributed by atoms with Gasteiger partial charge in [-0.15, -0.1) is 0 Å². The predicted molar refractivity (Wildman–Crippen MR) is 120 cm³/mol. The average Bonchev–Trinajstić information content (AvgIpc) is 3.02. The van der Waals surface area contributed by atoms with Crippen molar-refractivity contribution >= 4 is 5.70 Å². The molecule has 0 amide bonds. The molecule has 0 spiro atoms. The molecular formula is C26H36N2. The highest BCUT2D eigenvalue weighted by Crippen LogP contribution is 2.42. The van der Waals surface area contributed by atoms with Crippen molar-refractivity contribution in [1.29, 1.82) is 0 Å². The van der Waals surface area contributed by atoms with Gasteiger partial charge in [-0.25, -0.2) is 0 Å². The van der Waals surface area contributed by atoms with Crippen molar-refractivity contribution in [2.75, 3.05) is 6.67 Å². The van der Waals surface area contributed by atoms with Crippen LogP contribution in [0.15, 0.2) is 42.3 Å². The first-order valence-corrected chi connectivity index (χ1v) is 11.2. The summed E-state index contributed by atoms with van der Waals surface area (Å²) in [5, 5.41) is 0. The van der Waals surface area contributed by atoms with E-state index in [2.05, 4.69) is 87.9 Å². The summed E-state index contributed by atoms with van der Waals surface area (Å²) in [6.07, 6.45) is 13.3. The SMILES string of the molecule is CC(C)c1cc(C(C)C)c(C2=CC=CC3=CN(C4CCC4)CN32)c(C(C)C)c1. The van der Waals surface area contributed by atoms with Crippen LogP contribution in [0, 0.1) is 0 Å². The summed E-state index contributed by atoms with van der Waals surface area (Å²) in [4.78, 5) is 5.11. The van der Waals surface area contributed by atoms with Crippen molar-refractivity contribution in [2.45, 2.75) is 84.6 Å². The van der Waals surface area contributed by atoms with E-state index in [0.717, 1.165) is 12.7 Å². The van der Waals surface area contributed by atoms with Gasteiger partial charge in [0, 0.05) is 17.8 Å². The molecule has 0 aromatic heterocycles. The fourth-order valence-corrected chi connectivity index (χ4v) is 4.61. The number of benzene rings is 1. The molecule has 28 heavy (non-hydrogen) atoms. The standard InChI is InChI=1S/C26H36N2/c1-17(2)20-13-23(18(3)4)26(24(14-20)19(5)6)25-12-8-11-22-15-27(16-28(22)25)21-9-7-10-21/h8,11-15,17-19,21H,7,9-10,16H2,1-6H3. The molecule has 4 rings (SSSR count). The maximum Gasteiger partial charge on any atom is 0.0950 e. The monoisotopic (exact) mass is 376 g/mol. The Bertz CT molecular complexity index is 805. The maximum atomic E-state index is 2.56. The van der Waals surface area contributed by atoms with E-state index in [1.54, 1.807) is 0 Å².